The molecule has 0 saturated heterocycles. The van der Waals surface area contributed by atoms with Crippen molar-refractivity contribution in [1.82, 2.24) is 4.90 Å². The van der Waals surface area contributed by atoms with Gasteiger partial charge in [-0.25, -0.2) is 0 Å². The molecule has 0 amide bonds. The van der Waals surface area contributed by atoms with E-state index >= 15 is 0 Å². The van der Waals surface area contributed by atoms with Crippen molar-refractivity contribution >= 4 is 0 Å². The molecule has 0 unspecified atom stereocenters. The maximum Gasteiger partial charge on any atom is 0.0593 e. The van der Waals surface area contributed by atoms with Crippen LogP contribution in [0.15, 0.2) is 0 Å². The molecule has 25 heavy (non-hydrogen) atoms. The Morgan fingerprint density at radius 1 is 0.640 bits per heavy atom. The molecule has 0 saturated carbocycles. The molecule has 0 fully saturated rings. The molecule has 0 aromatic heterocycles. The first-order valence-corrected chi connectivity index (χ1v) is 11.4. The third-order valence-electron chi connectivity index (χ3n) is 5.77. The van der Waals surface area contributed by atoms with Crippen LogP contribution in [-0.2, 0) is 4.74 Å². The van der Waals surface area contributed by atoms with Gasteiger partial charge in [-0.1, -0.05) is 91.4 Å². The van der Waals surface area contributed by atoms with Crippen molar-refractivity contribution in [2.75, 3.05) is 26.8 Å². The van der Waals surface area contributed by atoms with Crippen LogP contribution in [0.5, 0.6) is 0 Å². The van der Waals surface area contributed by atoms with E-state index < -0.39 is 0 Å². The summed E-state index contributed by atoms with van der Waals surface area (Å²) < 4.78 is 5.89. The summed E-state index contributed by atoms with van der Waals surface area (Å²) in [4.78, 5) is 2.59. The SMILES string of the molecule is CCCCCCOCCN(C)C(C)(CCCCCC)CCCCCC. The molecular formula is C23H49NO. The molecular weight excluding hydrogens is 306 g/mol. The normalized spacial score (nSPS) is 12.2. The van der Waals surface area contributed by atoms with Crippen LogP contribution in [0.4, 0.5) is 0 Å². The van der Waals surface area contributed by atoms with E-state index in [0.29, 0.717) is 5.54 Å². The molecule has 0 atom stereocenters. The number of hydrogen-bond acceptors (Lipinski definition) is 2. The van der Waals surface area contributed by atoms with Gasteiger partial charge in [-0.15, -0.1) is 0 Å². The monoisotopic (exact) mass is 355 g/mol. The number of rotatable bonds is 19. The Morgan fingerprint density at radius 3 is 1.60 bits per heavy atom. The Hall–Kier alpha value is -0.0800. The van der Waals surface area contributed by atoms with E-state index in [4.69, 9.17) is 4.74 Å². The van der Waals surface area contributed by atoms with Gasteiger partial charge in [0.2, 0.25) is 0 Å². The fourth-order valence-corrected chi connectivity index (χ4v) is 3.58. The third-order valence-corrected chi connectivity index (χ3v) is 5.77. The number of likely N-dealkylation sites (N-methyl/N-ethyl adjacent to an activating group) is 1. The van der Waals surface area contributed by atoms with Crippen LogP contribution in [0.1, 0.15) is 118 Å². The molecule has 0 aromatic rings. The fourth-order valence-electron chi connectivity index (χ4n) is 3.58. The van der Waals surface area contributed by atoms with E-state index in [1.807, 2.05) is 0 Å². The standard InChI is InChI=1S/C23H49NO/c1-6-9-12-15-18-23(4,19-16-13-10-7-2)24(5)20-22-25-21-17-14-11-8-3/h6-22H2,1-5H3. The van der Waals surface area contributed by atoms with E-state index in [2.05, 4.69) is 39.6 Å². The van der Waals surface area contributed by atoms with E-state index in [0.717, 1.165) is 19.8 Å². The van der Waals surface area contributed by atoms with Gasteiger partial charge in [0.1, 0.15) is 0 Å². The first-order chi connectivity index (χ1) is 12.1. The van der Waals surface area contributed by atoms with E-state index in [9.17, 15) is 0 Å². The lowest BCUT2D eigenvalue weighted by Crippen LogP contribution is -2.45. The molecule has 0 spiro atoms. The average Bonchev–Trinajstić information content (AvgIpc) is 2.61. The summed E-state index contributed by atoms with van der Waals surface area (Å²) in [7, 11) is 2.32. The van der Waals surface area contributed by atoms with Crippen LogP contribution in [0, 0.1) is 0 Å². The van der Waals surface area contributed by atoms with Gasteiger partial charge < -0.3 is 4.74 Å². The quantitative estimate of drug-likeness (QED) is 0.227. The zero-order valence-electron chi connectivity index (χ0n) is 18.4. The van der Waals surface area contributed by atoms with Crippen molar-refractivity contribution in [3.8, 4) is 0 Å². The van der Waals surface area contributed by atoms with Crippen molar-refractivity contribution in [1.29, 1.82) is 0 Å². The van der Waals surface area contributed by atoms with Gasteiger partial charge in [0.25, 0.3) is 0 Å². The first-order valence-electron chi connectivity index (χ1n) is 11.4. The molecule has 0 rings (SSSR count). The molecule has 0 bridgehead atoms. The Balaban J connectivity index is 4.16. The summed E-state index contributed by atoms with van der Waals surface area (Å²) in [6.45, 7) is 12.3. The Morgan fingerprint density at radius 2 is 1.12 bits per heavy atom. The summed E-state index contributed by atoms with van der Waals surface area (Å²) >= 11 is 0. The minimum atomic E-state index is 0.354. The summed E-state index contributed by atoms with van der Waals surface area (Å²) in [6.07, 6.45) is 18.8. The van der Waals surface area contributed by atoms with E-state index in [1.165, 1.54) is 89.9 Å². The molecule has 0 N–H and O–H groups in total. The molecule has 0 aliphatic carbocycles. The van der Waals surface area contributed by atoms with Crippen molar-refractivity contribution in [2.24, 2.45) is 0 Å². The van der Waals surface area contributed by atoms with E-state index in [1.54, 1.807) is 0 Å². The maximum absolute atomic E-state index is 5.89. The number of unbranched alkanes of at least 4 members (excludes halogenated alkanes) is 9. The van der Waals surface area contributed by atoms with Gasteiger partial charge >= 0.3 is 0 Å². The molecule has 0 aromatic carbocycles. The maximum atomic E-state index is 5.89. The molecule has 0 radical (unpaired) electrons. The van der Waals surface area contributed by atoms with Gasteiger partial charge in [-0.3, -0.25) is 4.90 Å². The summed E-state index contributed by atoms with van der Waals surface area (Å²) in [5.41, 5.74) is 0.354. The predicted octanol–water partition coefficient (Wildman–Crippen LogP) is 7.21. The smallest absolute Gasteiger partial charge is 0.0593 e. The lowest BCUT2D eigenvalue weighted by atomic mass is 9.86. The first kappa shape index (κ1) is 24.9. The second-order valence-electron chi connectivity index (χ2n) is 8.21. The van der Waals surface area contributed by atoms with Gasteiger partial charge in [0.15, 0.2) is 0 Å². The largest absolute Gasteiger partial charge is 0.380 e. The summed E-state index contributed by atoms with van der Waals surface area (Å²) in [6, 6.07) is 0. The van der Waals surface area contributed by atoms with Gasteiger partial charge in [-0.05, 0) is 33.2 Å². The Bertz CT molecular complexity index is 255. The van der Waals surface area contributed by atoms with Crippen LogP contribution >= 0.6 is 0 Å². The van der Waals surface area contributed by atoms with Crippen LogP contribution in [0.25, 0.3) is 0 Å². The highest BCUT2D eigenvalue weighted by Gasteiger charge is 2.27. The van der Waals surface area contributed by atoms with E-state index in [-0.39, 0.29) is 0 Å². The molecule has 0 aliphatic rings. The Labute approximate surface area is 160 Å². The van der Waals surface area contributed by atoms with Crippen LogP contribution in [-0.4, -0.2) is 37.2 Å². The number of nitrogens with zero attached hydrogens (tertiary/aromatic N) is 1. The van der Waals surface area contributed by atoms with Crippen LogP contribution < -0.4 is 0 Å². The highest BCUT2D eigenvalue weighted by Crippen LogP contribution is 2.28. The predicted molar refractivity (Wildman–Crippen MR) is 114 cm³/mol. The van der Waals surface area contributed by atoms with Gasteiger partial charge in [-0.2, -0.15) is 0 Å². The molecule has 0 aliphatic heterocycles. The Kier molecular flexibility index (Phi) is 17.3. The minimum absolute atomic E-state index is 0.354. The van der Waals surface area contributed by atoms with Crippen molar-refractivity contribution in [3.05, 3.63) is 0 Å². The molecule has 0 heterocycles. The van der Waals surface area contributed by atoms with Crippen LogP contribution in [0.2, 0.25) is 0 Å². The summed E-state index contributed by atoms with van der Waals surface area (Å²) in [5, 5.41) is 0. The van der Waals surface area contributed by atoms with Crippen molar-refractivity contribution in [3.63, 3.8) is 0 Å². The molecule has 2 nitrogen and oxygen atoms in total. The second kappa shape index (κ2) is 17.3. The van der Waals surface area contributed by atoms with Crippen molar-refractivity contribution < 1.29 is 4.74 Å². The van der Waals surface area contributed by atoms with Gasteiger partial charge in [0, 0.05) is 18.7 Å². The lowest BCUT2D eigenvalue weighted by Gasteiger charge is -2.39. The molecule has 2 heteroatoms. The topological polar surface area (TPSA) is 12.5 Å². The highest BCUT2D eigenvalue weighted by atomic mass is 16.5. The number of hydrogen-bond donors (Lipinski definition) is 0. The second-order valence-corrected chi connectivity index (χ2v) is 8.21. The average molecular weight is 356 g/mol. The number of ether oxygens (including phenoxy) is 1. The third kappa shape index (κ3) is 13.7. The summed E-state index contributed by atoms with van der Waals surface area (Å²) in [5.74, 6) is 0. The minimum Gasteiger partial charge on any atom is -0.380 e. The van der Waals surface area contributed by atoms with Crippen molar-refractivity contribution in [2.45, 2.75) is 123 Å². The zero-order chi connectivity index (χ0) is 18.8. The highest BCUT2D eigenvalue weighted by molar-refractivity contribution is 4.84. The zero-order valence-corrected chi connectivity index (χ0v) is 18.4. The molecule has 152 valence electrons. The van der Waals surface area contributed by atoms with Gasteiger partial charge in [0.05, 0.1) is 6.61 Å². The van der Waals surface area contributed by atoms with Crippen LogP contribution in [0.3, 0.4) is 0 Å². The fraction of sp³-hybridized carbons (Fsp3) is 1.00. The lowest BCUT2D eigenvalue weighted by molar-refractivity contribution is 0.0545.